The molecule has 0 aliphatic heterocycles. The van der Waals surface area contributed by atoms with Crippen molar-refractivity contribution in [2.75, 3.05) is 5.32 Å². The highest BCUT2D eigenvalue weighted by Gasteiger charge is 2.24. The highest BCUT2D eigenvalue weighted by Crippen LogP contribution is 2.21. The van der Waals surface area contributed by atoms with E-state index in [4.69, 9.17) is 4.74 Å². The van der Waals surface area contributed by atoms with Gasteiger partial charge in [-0.1, -0.05) is 0 Å². The smallest absolute Gasteiger partial charge is 0.328 e. The molecule has 1 aromatic heterocycles. The second kappa shape index (κ2) is 7.89. The van der Waals surface area contributed by atoms with Crippen LogP contribution in [0.3, 0.4) is 0 Å². The van der Waals surface area contributed by atoms with E-state index < -0.39 is 41.1 Å². The molecule has 0 saturated carbocycles. The maximum absolute atomic E-state index is 13.1. The molecule has 1 N–H and O–H groups in total. The third kappa shape index (κ3) is 4.63. The number of carbonyl (C=O) groups is 2. The zero-order chi connectivity index (χ0) is 20.3. The average Bonchev–Trinajstić information content (AvgIpc) is 2.84. The van der Waals surface area contributed by atoms with Gasteiger partial charge in [0, 0.05) is 11.8 Å². The molecule has 0 unspecified atom stereocenters. The van der Waals surface area contributed by atoms with Crippen molar-refractivity contribution < 1.29 is 28.0 Å². The van der Waals surface area contributed by atoms with E-state index in [1.54, 1.807) is 0 Å². The van der Waals surface area contributed by atoms with E-state index in [0.717, 1.165) is 22.9 Å². The van der Waals surface area contributed by atoms with Crippen molar-refractivity contribution in [2.45, 2.75) is 33.4 Å². The molecule has 0 bridgehead atoms. The molecule has 11 heteroatoms. The fourth-order valence-corrected chi connectivity index (χ4v) is 2.33. The topological polar surface area (TPSA) is 116 Å². The Bertz CT molecular complexity index is 912. The summed E-state index contributed by atoms with van der Waals surface area (Å²) in [7, 11) is 0. The second-order valence-electron chi connectivity index (χ2n) is 5.68. The van der Waals surface area contributed by atoms with Gasteiger partial charge in [0.1, 0.15) is 17.9 Å². The summed E-state index contributed by atoms with van der Waals surface area (Å²) in [4.78, 5) is 34.3. The number of nitrogens with one attached hydrogen (secondary N) is 1. The number of halogens is 2. The molecule has 0 aliphatic rings. The van der Waals surface area contributed by atoms with E-state index in [9.17, 15) is 28.5 Å². The molecular formula is C16H16F2N4O5. The first kappa shape index (κ1) is 19.9. The fourth-order valence-electron chi connectivity index (χ4n) is 2.33. The Balaban J connectivity index is 1.98. The number of benzene rings is 1. The van der Waals surface area contributed by atoms with E-state index in [1.807, 2.05) is 0 Å². The molecule has 0 fully saturated rings. The van der Waals surface area contributed by atoms with Crippen molar-refractivity contribution >= 4 is 23.3 Å². The van der Waals surface area contributed by atoms with Crippen molar-refractivity contribution in [3.8, 4) is 0 Å². The van der Waals surface area contributed by atoms with Gasteiger partial charge in [0.25, 0.3) is 5.91 Å². The van der Waals surface area contributed by atoms with Gasteiger partial charge in [-0.3, -0.25) is 24.4 Å². The summed E-state index contributed by atoms with van der Waals surface area (Å²) in [5, 5.41) is 17.1. The summed E-state index contributed by atoms with van der Waals surface area (Å²) < 4.78 is 32.1. The van der Waals surface area contributed by atoms with Crippen LogP contribution in [-0.4, -0.2) is 32.7 Å². The predicted octanol–water partition coefficient (Wildman–Crippen LogP) is 2.26. The normalized spacial score (nSPS) is 11.7. The van der Waals surface area contributed by atoms with Crippen LogP contribution in [0.4, 0.5) is 20.2 Å². The van der Waals surface area contributed by atoms with E-state index >= 15 is 0 Å². The quantitative estimate of drug-likeness (QED) is 0.465. The van der Waals surface area contributed by atoms with Gasteiger partial charge in [-0.05, 0) is 32.9 Å². The number of amides is 1. The molecule has 1 heterocycles. The first-order valence-corrected chi connectivity index (χ1v) is 7.74. The fraction of sp³-hybridized carbons (Fsp3) is 0.312. The van der Waals surface area contributed by atoms with E-state index in [1.165, 1.54) is 20.8 Å². The Labute approximate surface area is 152 Å². The summed E-state index contributed by atoms with van der Waals surface area (Å²) in [6, 6.07) is 2.79. The summed E-state index contributed by atoms with van der Waals surface area (Å²) in [5.74, 6) is -3.80. The Kier molecular flexibility index (Phi) is 5.83. The molecule has 1 aromatic carbocycles. The van der Waals surface area contributed by atoms with E-state index in [2.05, 4.69) is 10.4 Å². The zero-order valence-electron chi connectivity index (χ0n) is 14.7. The number of hydrogen-bond donors (Lipinski definition) is 1. The van der Waals surface area contributed by atoms with Crippen LogP contribution in [-0.2, 0) is 20.9 Å². The summed E-state index contributed by atoms with van der Waals surface area (Å²) in [5.41, 5.74) is 0.116. The van der Waals surface area contributed by atoms with E-state index in [0.29, 0.717) is 0 Å². The molecule has 1 amide bonds. The number of nitro groups is 1. The van der Waals surface area contributed by atoms with Gasteiger partial charge >= 0.3 is 11.7 Å². The third-order valence-electron chi connectivity index (χ3n) is 3.67. The predicted molar refractivity (Wildman–Crippen MR) is 88.9 cm³/mol. The Morgan fingerprint density at radius 2 is 2.00 bits per heavy atom. The molecule has 0 aliphatic carbocycles. The number of ether oxygens (including phenoxy) is 1. The highest BCUT2D eigenvalue weighted by atomic mass is 19.2. The van der Waals surface area contributed by atoms with Gasteiger partial charge in [0.05, 0.1) is 4.92 Å². The van der Waals surface area contributed by atoms with Crippen LogP contribution in [0.15, 0.2) is 18.2 Å². The number of hydrogen-bond acceptors (Lipinski definition) is 6. The molecule has 27 heavy (non-hydrogen) atoms. The summed E-state index contributed by atoms with van der Waals surface area (Å²) in [6.07, 6.45) is -1.24. The number of esters is 1. The lowest BCUT2D eigenvalue weighted by Gasteiger charge is -2.14. The Hall–Kier alpha value is -3.37. The number of rotatable bonds is 6. The lowest BCUT2D eigenvalue weighted by Crippen LogP contribution is -2.31. The zero-order valence-corrected chi connectivity index (χ0v) is 14.7. The molecule has 0 radical (unpaired) electrons. The molecule has 144 valence electrons. The summed E-state index contributed by atoms with van der Waals surface area (Å²) in [6.45, 7) is 3.73. The monoisotopic (exact) mass is 382 g/mol. The number of aromatic nitrogens is 2. The largest absolute Gasteiger partial charge is 0.451 e. The molecular weight excluding hydrogens is 366 g/mol. The lowest BCUT2D eigenvalue weighted by atomic mass is 10.3. The molecule has 1 atom stereocenters. The van der Waals surface area contributed by atoms with Crippen molar-refractivity contribution in [1.29, 1.82) is 0 Å². The van der Waals surface area contributed by atoms with Gasteiger partial charge in [-0.15, -0.1) is 0 Å². The molecule has 2 rings (SSSR count). The van der Waals surface area contributed by atoms with Crippen LogP contribution < -0.4 is 5.32 Å². The number of nitrogens with zero attached hydrogens (tertiary/aromatic N) is 3. The van der Waals surface area contributed by atoms with Crippen LogP contribution in [0.5, 0.6) is 0 Å². The average molecular weight is 382 g/mol. The maximum Gasteiger partial charge on any atom is 0.328 e. The van der Waals surface area contributed by atoms with Crippen LogP contribution in [0.2, 0.25) is 0 Å². The van der Waals surface area contributed by atoms with Crippen molar-refractivity contribution in [1.82, 2.24) is 9.78 Å². The van der Waals surface area contributed by atoms with Crippen molar-refractivity contribution in [3.05, 3.63) is 51.3 Å². The molecule has 9 nitrogen and oxygen atoms in total. The van der Waals surface area contributed by atoms with Gasteiger partial charge in [-0.25, -0.2) is 8.78 Å². The van der Waals surface area contributed by atoms with Crippen molar-refractivity contribution in [2.24, 2.45) is 0 Å². The van der Waals surface area contributed by atoms with Gasteiger partial charge in [0.2, 0.25) is 0 Å². The first-order valence-electron chi connectivity index (χ1n) is 7.74. The number of anilines is 1. The Morgan fingerprint density at radius 1 is 1.33 bits per heavy atom. The second-order valence-corrected chi connectivity index (χ2v) is 5.68. The number of aryl methyl sites for hydroxylation is 1. The minimum Gasteiger partial charge on any atom is -0.451 e. The van der Waals surface area contributed by atoms with Gasteiger partial charge < -0.3 is 10.1 Å². The van der Waals surface area contributed by atoms with Gasteiger partial charge in [0.15, 0.2) is 17.7 Å². The standard InChI is InChI=1S/C16H16F2N4O5/c1-8-15(22(25)26)9(2)21(20-8)7-14(23)27-10(3)16(24)19-11-4-5-12(17)13(18)6-11/h4-6,10H,7H2,1-3H3,(H,19,24)/t10-/m0/s1. The van der Waals surface area contributed by atoms with Crippen LogP contribution in [0, 0.1) is 35.6 Å². The van der Waals surface area contributed by atoms with Crippen molar-refractivity contribution in [3.63, 3.8) is 0 Å². The third-order valence-corrected chi connectivity index (χ3v) is 3.67. The lowest BCUT2D eigenvalue weighted by molar-refractivity contribution is -0.386. The maximum atomic E-state index is 13.1. The highest BCUT2D eigenvalue weighted by molar-refractivity contribution is 5.95. The minimum atomic E-state index is -1.24. The SMILES string of the molecule is Cc1nn(CC(=O)O[C@@H](C)C(=O)Nc2ccc(F)c(F)c2)c(C)c1[N+](=O)[O-]. The summed E-state index contributed by atoms with van der Waals surface area (Å²) >= 11 is 0. The molecule has 0 saturated heterocycles. The first-order chi connectivity index (χ1) is 12.6. The van der Waals surface area contributed by atoms with Crippen LogP contribution in [0.25, 0.3) is 0 Å². The molecule has 2 aromatic rings. The Morgan fingerprint density at radius 3 is 2.56 bits per heavy atom. The number of carbonyl (C=O) groups excluding carboxylic acids is 2. The minimum absolute atomic E-state index is 0.00373. The van der Waals surface area contributed by atoms with Crippen LogP contribution in [0.1, 0.15) is 18.3 Å². The van der Waals surface area contributed by atoms with Gasteiger partial charge in [-0.2, -0.15) is 5.10 Å². The van der Waals surface area contributed by atoms with Crippen LogP contribution >= 0.6 is 0 Å². The van der Waals surface area contributed by atoms with E-state index in [-0.39, 0.29) is 22.8 Å². The molecule has 0 spiro atoms.